The van der Waals surface area contributed by atoms with Gasteiger partial charge < -0.3 is 20.5 Å². The maximum absolute atomic E-state index is 12.7. The third kappa shape index (κ3) is 3.53. The number of amides is 2. The van der Waals surface area contributed by atoms with Crippen molar-refractivity contribution in [2.45, 2.75) is 44.0 Å². The van der Waals surface area contributed by atoms with Gasteiger partial charge >= 0.3 is 18.2 Å². The van der Waals surface area contributed by atoms with Crippen molar-refractivity contribution in [1.29, 1.82) is 0 Å². The van der Waals surface area contributed by atoms with Crippen molar-refractivity contribution < 1.29 is 32.6 Å². The molecule has 1 heterocycles. The van der Waals surface area contributed by atoms with Gasteiger partial charge in [-0.15, -0.1) is 0 Å². The second-order valence-electron chi connectivity index (χ2n) is 5.14. The average Bonchev–Trinajstić information content (AvgIpc) is 2.72. The molecule has 2 unspecified atom stereocenters. The molecule has 0 bridgehead atoms. The molecule has 9 heteroatoms. The minimum Gasteiger partial charge on any atom is -0.479 e. The molecule has 2 amide bonds. The van der Waals surface area contributed by atoms with E-state index in [1.165, 1.54) is 5.32 Å². The van der Waals surface area contributed by atoms with E-state index < -0.39 is 29.3 Å². The summed E-state index contributed by atoms with van der Waals surface area (Å²) in [6.07, 6.45) is -3.64. The first-order valence-electron chi connectivity index (χ1n) is 6.00. The largest absolute Gasteiger partial charge is 0.479 e. The molecule has 1 aliphatic heterocycles. The van der Waals surface area contributed by atoms with Crippen LogP contribution >= 0.6 is 0 Å². The van der Waals surface area contributed by atoms with Crippen LogP contribution in [0, 0.1) is 0 Å². The second kappa shape index (κ2) is 5.47. The van der Waals surface area contributed by atoms with Gasteiger partial charge in [0.25, 0.3) is 0 Å². The zero-order valence-corrected chi connectivity index (χ0v) is 11.1. The van der Waals surface area contributed by atoms with Crippen LogP contribution in [0.2, 0.25) is 0 Å². The average molecular weight is 298 g/mol. The standard InChI is InChI=1S/C11H17F3N2O4/c1-9(4-3-5-20-9)6-15-8(19)16-10(2,7(17)18)11(12,13)14/h3-6H2,1-2H3,(H,17,18)(H2,15,16,19). The molecular formula is C11H17F3N2O4. The Morgan fingerprint density at radius 1 is 1.40 bits per heavy atom. The molecule has 20 heavy (non-hydrogen) atoms. The Labute approximate surface area is 113 Å². The van der Waals surface area contributed by atoms with Crippen molar-refractivity contribution in [2.24, 2.45) is 0 Å². The van der Waals surface area contributed by atoms with Crippen LogP contribution in [0.1, 0.15) is 26.7 Å². The van der Waals surface area contributed by atoms with E-state index in [0.717, 1.165) is 6.42 Å². The molecule has 0 saturated carbocycles. The first-order chi connectivity index (χ1) is 9.00. The molecule has 0 spiro atoms. The molecule has 6 nitrogen and oxygen atoms in total. The van der Waals surface area contributed by atoms with E-state index >= 15 is 0 Å². The molecule has 1 rings (SSSR count). The highest BCUT2D eigenvalue weighted by Crippen LogP contribution is 2.30. The third-order valence-corrected chi connectivity index (χ3v) is 3.28. The van der Waals surface area contributed by atoms with E-state index in [9.17, 15) is 22.8 Å². The first-order valence-corrected chi connectivity index (χ1v) is 6.00. The first kappa shape index (κ1) is 16.5. The van der Waals surface area contributed by atoms with Gasteiger partial charge in [-0.2, -0.15) is 13.2 Å². The van der Waals surface area contributed by atoms with Crippen molar-refractivity contribution in [1.82, 2.24) is 10.6 Å². The molecule has 1 fully saturated rings. The summed E-state index contributed by atoms with van der Waals surface area (Å²) in [7, 11) is 0. The Morgan fingerprint density at radius 3 is 2.40 bits per heavy atom. The predicted molar refractivity (Wildman–Crippen MR) is 62.2 cm³/mol. The van der Waals surface area contributed by atoms with Crippen LogP contribution in [0.3, 0.4) is 0 Å². The molecule has 1 saturated heterocycles. The maximum Gasteiger partial charge on any atom is 0.422 e. The van der Waals surface area contributed by atoms with Gasteiger partial charge in [0.2, 0.25) is 5.54 Å². The summed E-state index contributed by atoms with van der Waals surface area (Å²) < 4.78 is 43.4. The highest BCUT2D eigenvalue weighted by molar-refractivity contribution is 5.86. The molecule has 116 valence electrons. The number of carbonyl (C=O) groups excluding carboxylic acids is 1. The lowest BCUT2D eigenvalue weighted by molar-refractivity contribution is -0.203. The van der Waals surface area contributed by atoms with E-state index in [2.05, 4.69) is 5.32 Å². The third-order valence-electron chi connectivity index (χ3n) is 3.28. The monoisotopic (exact) mass is 298 g/mol. The number of rotatable bonds is 4. The van der Waals surface area contributed by atoms with Crippen molar-refractivity contribution in [3.63, 3.8) is 0 Å². The predicted octanol–water partition coefficient (Wildman–Crippen LogP) is 1.26. The number of carbonyl (C=O) groups is 2. The van der Waals surface area contributed by atoms with Gasteiger partial charge in [-0.05, 0) is 26.7 Å². The van der Waals surface area contributed by atoms with E-state index in [0.29, 0.717) is 20.0 Å². The Morgan fingerprint density at radius 2 is 2.00 bits per heavy atom. The van der Waals surface area contributed by atoms with Crippen LogP contribution in [0.4, 0.5) is 18.0 Å². The number of hydrogen-bond acceptors (Lipinski definition) is 3. The number of aliphatic carboxylic acids is 1. The summed E-state index contributed by atoms with van der Waals surface area (Å²) in [6, 6.07) is -1.20. The van der Waals surface area contributed by atoms with E-state index in [1.54, 1.807) is 6.92 Å². The van der Waals surface area contributed by atoms with Crippen LogP contribution in [0.25, 0.3) is 0 Å². The fourth-order valence-electron chi connectivity index (χ4n) is 1.76. The van der Waals surface area contributed by atoms with E-state index in [4.69, 9.17) is 9.84 Å². The smallest absolute Gasteiger partial charge is 0.422 e. The highest BCUT2D eigenvalue weighted by atomic mass is 19.4. The summed E-state index contributed by atoms with van der Waals surface area (Å²) in [6.45, 7) is 2.64. The zero-order chi connectivity index (χ0) is 15.6. The van der Waals surface area contributed by atoms with Crippen LogP contribution < -0.4 is 10.6 Å². The Bertz CT molecular complexity index is 394. The quantitative estimate of drug-likeness (QED) is 0.729. The van der Waals surface area contributed by atoms with E-state index in [-0.39, 0.29) is 6.54 Å². The Balaban J connectivity index is 2.62. The number of nitrogens with one attached hydrogen (secondary N) is 2. The van der Waals surface area contributed by atoms with Gasteiger partial charge in [0.1, 0.15) is 0 Å². The van der Waals surface area contributed by atoms with Gasteiger partial charge in [-0.1, -0.05) is 0 Å². The van der Waals surface area contributed by atoms with Crippen molar-refractivity contribution in [2.75, 3.05) is 13.2 Å². The Hall–Kier alpha value is -1.51. The molecule has 3 N–H and O–H groups in total. The zero-order valence-electron chi connectivity index (χ0n) is 11.1. The fraction of sp³-hybridized carbons (Fsp3) is 0.818. The van der Waals surface area contributed by atoms with Gasteiger partial charge in [0.05, 0.1) is 5.60 Å². The minimum absolute atomic E-state index is 0.00634. The number of alkyl halides is 3. The summed E-state index contributed by atoms with van der Waals surface area (Å²) in [5.74, 6) is -2.18. The second-order valence-corrected chi connectivity index (χ2v) is 5.14. The molecule has 0 radical (unpaired) electrons. The molecule has 0 aromatic rings. The number of ether oxygens (including phenoxy) is 1. The van der Waals surface area contributed by atoms with Gasteiger partial charge in [-0.25, -0.2) is 9.59 Å². The van der Waals surface area contributed by atoms with Gasteiger partial charge in [0.15, 0.2) is 0 Å². The number of halogens is 3. The summed E-state index contributed by atoms with van der Waals surface area (Å²) in [4.78, 5) is 22.2. The Kier molecular flexibility index (Phi) is 4.52. The molecular weight excluding hydrogens is 281 g/mol. The summed E-state index contributed by atoms with van der Waals surface area (Å²) >= 11 is 0. The summed E-state index contributed by atoms with van der Waals surface area (Å²) in [5, 5.41) is 12.3. The molecule has 1 aliphatic rings. The van der Waals surface area contributed by atoms with E-state index in [1.807, 2.05) is 0 Å². The maximum atomic E-state index is 12.7. The number of urea groups is 1. The topological polar surface area (TPSA) is 87.7 Å². The number of carboxylic acid groups (broad SMARTS) is 1. The number of hydrogen-bond donors (Lipinski definition) is 3. The van der Waals surface area contributed by atoms with Crippen LogP contribution in [0.5, 0.6) is 0 Å². The SMILES string of the molecule is CC1(CNC(=O)NC(C)(C(=O)O)C(F)(F)F)CCCO1. The van der Waals surface area contributed by atoms with Gasteiger partial charge in [-0.3, -0.25) is 0 Å². The fourth-order valence-corrected chi connectivity index (χ4v) is 1.76. The lowest BCUT2D eigenvalue weighted by Crippen LogP contribution is -2.64. The van der Waals surface area contributed by atoms with Crippen LogP contribution in [-0.2, 0) is 9.53 Å². The van der Waals surface area contributed by atoms with Crippen molar-refractivity contribution >= 4 is 12.0 Å². The molecule has 2 atom stereocenters. The van der Waals surface area contributed by atoms with Crippen molar-refractivity contribution in [3.8, 4) is 0 Å². The summed E-state index contributed by atoms with van der Waals surface area (Å²) in [5.41, 5.74) is -3.97. The van der Waals surface area contributed by atoms with Crippen LogP contribution in [-0.4, -0.2) is 47.6 Å². The molecule has 0 aromatic heterocycles. The highest BCUT2D eigenvalue weighted by Gasteiger charge is 2.58. The molecule has 0 aliphatic carbocycles. The minimum atomic E-state index is -5.11. The van der Waals surface area contributed by atoms with Crippen LogP contribution in [0.15, 0.2) is 0 Å². The normalized spacial score (nSPS) is 25.9. The van der Waals surface area contributed by atoms with Gasteiger partial charge in [0, 0.05) is 13.2 Å². The molecule has 0 aromatic carbocycles. The lowest BCUT2D eigenvalue weighted by atomic mass is 10.0. The van der Waals surface area contributed by atoms with Crippen molar-refractivity contribution in [3.05, 3.63) is 0 Å². The lowest BCUT2D eigenvalue weighted by Gasteiger charge is -2.29. The number of carboxylic acids is 1.